The number of carbonyl (C=O) groups excluding carboxylic acids is 3. The maximum absolute atomic E-state index is 11.3. The molecular weight excluding hydrogens is 356 g/mol. The number of carboxylic acids is 1. The molecule has 0 saturated heterocycles. The number of carbonyl (C=O) groups is 4. The summed E-state index contributed by atoms with van der Waals surface area (Å²) < 4.78 is 4.95. The van der Waals surface area contributed by atoms with Gasteiger partial charge in [0.05, 0.1) is 11.1 Å². The minimum Gasteiger partial charge on any atom is -0.480 e. The number of fused-ring (bicyclic) bond motifs is 1. The van der Waals surface area contributed by atoms with E-state index in [0.717, 1.165) is 0 Å². The summed E-state index contributed by atoms with van der Waals surface area (Å²) in [6, 6.07) is 5.43. The number of nitrogens with zero attached hydrogens (tertiary/aromatic N) is 1. The van der Waals surface area contributed by atoms with Gasteiger partial charge in [0.25, 0.3) is 11.8 Å². The second-order valence-electron chi connectivity index (χ2n) is 6.79. The summed E-state index contributed by atoms with van der Waals surface area (Å²) in [6.07, 6.45) is 0.393. The van der Waals surface area contributed by atoms with Gasteiger partial charge in [-0.25, -0.2) is 9.59 Å². The molecule has 0 radical (unpaired) electrons. The first-order valence-electron chi connectivity index (χ1n) is 8.37. The highest BCUT2D eigenvalue weighted by Gasteiger charge is 2.34. The van der Waals surface area contributed by atoms with E-state index in [1.807, 2.05) is 6.92 Å². The summed E-state index contributed by atoms with van der Waals surface area (Å²) in [5.41, 5.74) is -0.102. The summed E-state index contributed by atoms with van der Waals surface area (Å²) in [5.74, 6) is -2.35. The Kier molecular flexibility index (Phi) is 7.47. The normalized spacial score (nSPS) is 14.0. The molecule has 0 aliphatic carbocycles. The molecule has 0 fully saturated rings. The summed E-state index contributed by atoms with van der Waals surface area (Å²) in [5, 5.41) is 20.1. The van der Waals surface area contributed by atoms with Crippen LogP contribution in [0.15, 0.2) is 24.3 Å². The van der Waals surface area contributed by atoms with Crippen LogP contribution in [0.2, 0.25) is 0 Å². The number of hydrogen-bond acceptors (Lipinski definition) is 6. The van der Waals surface area contributed by atoms with Gasteiger partial charge in [0.2, 0.25) is 0 Å². The van der Waals surface area contributed by atoms with Crippen molar-refractivity contribution in [3.8, 4) is 0 Å². The molecule has 1 aromatic carbocycles. The lowest BCUT2D eigenvalue weighted by Gasteiger charge is -2.21. The predicted molar refractivity (Wildman–Crippen MR) is 94.4 cm³/mol. The van der Waals surface area contributed by atoms with Crippen LogP contribution in [-0.2, 0) is 9.53 Å². The molecule has 0 spiro atoms. The minimum absolute atomic E-state index is 0.130. The van der Waals surface area contributed by atoms with Gasteiger partial charge in [-0.15, -0.1) is 5.06 Å². The molecule has 0 aromatic heterocycles. The predicted octanol–water partition coefficient (Wildman–Crippen LogP) is 2.44. The van der Waals surface area contributed by atoms with Gasteiger partial charge in [0, 0.05) is 0 Å². The van der Waals surface area contributed by atoms with Crippen molar-refractivity contribution >= 4 is 23.9 Å². The Morgan fingerprint density at radius 2 is 1.63 bits per heavy atom. The van der Waals surface area contributed by atoms with Crippen molar-refractivity contribution in [2.45, 2.75) is 52.2 Å². The molecule has 9 heteroatoms. The van der Waals surface area contributed by atoms with Crippen LogP contribution in [0, 0.1) is 0 Å². The SMILES string of the molecule is CCC[C@H](NC(=O)OC(C)(C)C)C(=O)O.O=C1c2ccccc2C(=O)N1O. The third-order valence-electron chi connectivity index (χ3n) is 3.34. The Hall–Kier alpha value is -2.94. The van der Waals surface area contributed by atoms with Gasteiger partial charge in [0.15, 0.2) is 0 Å². The number of benzene rings is 1. The Labute approximate surface area is 156 Å². The van der Waals surface area contributed by atoms with Crippen molar-refractivity contribution in [2.24, 2.45) is 0 Å². The maximum Gasteiger partial charge on any atom is 0.408 e. The number of amides is 3. The van der Waals surface area contributed by atoms with Crippen LogP contribution in [-0.4, -0.2) is 50.9 Å². The van der Waals surface area contributed by atoms with Crippen molar-refractivity contribution in [3.63, 3.8) is 0 Å². The minimum atomic E-state index is -1.04. The molecule has 1 atom stereocenters. The highest BCUT2D eigenvalue weighted by Crippen LogP contribution is 2.20. The van der Waals surface area contributed by atoms with Crippen molar-refractivity contribution in [1.82, 2.24) is 10.4 Å². The molecule has 2 rings (SSSR count). The highest BCUT2D eigenvalue weighted by atomic mass is 16.6. The molecule has 148 valence electrons. The van der Waals surface area contributed by atoms with E-state index in [-0.39, 0.29) is 16.2 Å². The first kappa shape index (κ1) is 22.1. The quantitative estimate of drug-likeness (QED) is 0.539. The van der Waals surface area contributed by atoms with E-state index in [1.54, 1.807) is 32.9 Å². The zero-order valence-electron chi connectivity index (χ0n) is 15.7. The third kappa shape index (κ3) is 6.37. The van der Waals surface area contributed by atoms with Gasteiger partial charge in [0.1, 0.15) is 11.6 Å². The molecule has 0 unspecified atom stereocenters. The molecule has 3 N–H and O–H groups in total. The number of hydrogen-bond donors (Lipinski definition) is 3. The van der Waals surface area contributed by atoms with Crippen LogP contribution in [0.3, 0.4) is 0 Å². The maximum atomic E-state index is 11.3. The zero-order valence-corrected chi connectivity index (χ0v) is 15.7. The number of rotatable bonds is 4. The highest BCUT2D eigenvalue weighted by molar-refractivity contribution is 6.20. The van der Waals surface area contributed by atoms with Gasteiger partial charge < -0.3 is 15.2 Å². The average molecular weight is 380 g/mol. The van der Waals surface area contributed by atoms with Gasteiger partial charge >= 0.3 is 12.1 Å². The molecule has 27 heavy (non-hydrogen) atoms. The number of nitrogens with one attached hydrogen (secondary N) is 1. The van der Waals surface area contributed by atoms with Crippen LogP contribution >= 0.6 is 0 Å². The van der Waals surface area contributed by atoms with Crippen molar-refractivity contribution in [1.29, 1.82) is 0 Å². The Morgan fingerprint density at radius 3 is 2.00 bits per heavy atom. The monoisotopic (exact) mass is 380 g/mol. The Balaban J connectivity index is 0.000000274. The lowest BCUT2D eigenvalue weighted by atomic mass is 10.1. The summed E-state index contributed by atoms with van der Waals surface area (Å²) >= 11 is 0. The molecule has 9 nitrogen and oxygen atoms in total. The summed E-state index contributed by atoms with van der Waals surface area (Å²) in [4.78, 5) is 44.1. The van der Waals surface area contributed by atoms with E-state index in [0.29, 0.717) is 12.8 Å². The molecule has 3 amide bonds. The van der Waals surface area contributed by atoms with Crippen molar-refractivity contribution in [3.05, 3.63) is 35.4 Å². The first-order valence-corrected chi connectivity index (χ1v) is 8.37. The lowest BCUT2D eigenvalue weighted by molar-refractivity contribution is -0.139. The van der Waals surface area contributed by atoms with Gasteiger partial charge in [-0.2, -0.15) is 0 Å². The molecular formula is C18H24N2O7. The van der Waals surface area contributed by atoms with E-state index < -0.39 is 35.5 Å². The number of carboxylic acid groups (broad SMARTS) is 1. The second-order valence-corrected chi connectivity index (χ2v) is 6.79. The van der Waals surface area contributed by atoms with Crippen molar-refractivity contribution < 1.29 is 34.2 Å². The van der Waals surface area contributed by atoms with Crippen molar-refractivity contribution in [2.75, 3.05) is 0 Å². The summed E-state index contributed by atoms with van der Waals surface area (Å²) in [7, 11) is 0. The molecule has 0 bridgehead atoms. The number of aliphatic carboxylic acids is 1. The van der Waals surface area contributed by atoms with Crippen LogP contribution < -0.4 is 5.32 Å². The fourth-order valence-corrected chi connectivity index (χ4v) is 2.17. The molecule has 1 aliphatic rings. The number of ether oxygens (including phenoxy) is 1. The van der Waals surface area contributed by atoms with E-state index >= 15 is 0 Å². The van der Waals surface area contributed by atoms with E-state index in [9.17, 15) is 19.2 Å². The Morgan fingerprint density at radius 1 is 1.15 bits per heavy atom. The molecule has 1 aromatic rings. The van der Waals surface area contributed by atoms with Crippen LogP contribution in [0.25, 0.3) is 0 Å². The van der Waals surface area contributed by atoms with Gasteiger partial charge in [-0.3, -0.25) is 14.8 Å². The lowest BCUT2D eigenvalue weighted by Crippen LogP contribution is -2.43. The Bertz CT molecular complexity index is 690. The average Bonchev–Trinajstić information content (AvgIpc) is 2.78. The molecule has 0 saturated carbocycles. The number of imide groups is 1. The van der Waals surface area contributed by atoms with Gasteiger partial charge in [-0.05, 0) is 39.3 Å². The van der Waals surface area contributed by atoms with Crippen LogP contribution in [0.4, 0.5) is 4.79 Å². The standard InChI is InChI=1S/C10H19NO4.C8H5NO3/c1-5-6-7(8(12)13)11-9(14)15-10(2,3)4;10-7-5-3-1-2-4-6(5)8(11)9(7)12/h7H,5-6H2,1-4H3,(H,11,14)(H,12,13);1-4,12H/t7-;/m0./s1. The fraction of sp³-hybridized carbons (Fsp3) is 0.444. The molecule has 1 aliphatic heterocycles. The second kappa shape index (κ2) is 9.13. The first-order chi connectivity index (χ1) is 12.5. The zero-order chi connectivity index (χ0) is 20.8. The topological polar surface area (TPSA) is 133 Å². The smallest absolute Gasteiger partial charge is 0.408 e. The number of alkyl carbamates (subject to hydrolysis) is 1. The van der Waals surface area contributed by atoms with Crippen LogP contribution in [0.1, 0.15) is 61.3 Å². The van der Waals surface area contributed by atoms with E-state index in [4.69, 9.17) is 15.1 Å². The van der Waals surface area contributed by atoms with E-state index in [1.165, 1.54) is 12.1 Å². The molecule has 1 heterocycles. The third-order valence-corrected chi connectivity index (χ3v) is 3.34. The summed E-state index contributed by atoms with van der Waals surface area (Å²) in [6.45, 7) is 7.03. The van der Waals surface area contributed by atoms with E-state index in [2.05, 4.69) is 5.32 Å². The fourth-order valence-electron chi connectivity index (χ4n) is 2.17. The van der Waals surface area contributed by atoms with Crippen LogP contribution in [0.5, 0.6) is 0 Å². The largest absolute Gasteiger partial charge is 0.480 e. The van der Waals surface area contributed by atoms with Gasteiger partial charge in [-0.1, -0.05) is 25.5 Å². The number of hydroxylamine groups is 2.